The third-order valence-corrected chi connectivity index (χ3v) is 2.51. The van der Waals surface area contributed by atoms with Crippen molar-refractivity contribution in [2.45, 2.75) is 19.8 Å². The summed E-state index contributed by atoms with van der Waals surface area (Å²) in [5.74, 6) is -1.69. The van der Waals surface area contributed by atoms with Crippen molar-refractivity contribution in [3.8, 4) is 5.75 Å². The van der Waals surface area contributed by atoms with Gasteiger partial charge in [-0.2, -0.15) is 0 Å². The lowest BCUT2D eigenvalue weighted by atomic mass is 10.0. The average Bonchev–Trinajstić information content (AvgIpc) is 2.30. The van der Waals surface area contributed by atoms with E-state index < -0.39 is 11.6 Å². The van der Waals surface area contributed by atoms with Crippen LogP contribution in [0.3, 0.4) is 0 Å². The van der Waals surface area contributed by atoms with Crippen molar-refractivity contribution >= 4 is 11.6 Å². The maximum atomic E-state index is 13.0. The number of aromatic hydroxyl groups is 1. The fraction of sp³-hybridized carbons (Fsp3) is 0.417. The van der Waals surface area contributed by atoms with Crippen molar-refractivity contribution in [2.24, 2.45) is 11.7 Å². The van der Waals surface area contributed by atoms with E-state index in [0.29, 0.717) is 12.1 Å². The number of benzene rings is 1. The fourth-order valence-corrected chi connectivity index (χ4v) is 1.53. The van der Waals surface area contributed by atoms with Gasteiger partial charge in [0, 0.05) is 18.3 Å². The van der Waals surface area contributed by atoms with Crippen LogP contribution in [0.25, 0.3) is 0 Å². The second-order valence-corrected chi connectivity index (χ2v) is 3.88. The first-order valence-electron chi connectivity index (χ1n) is 5.58. The van der Waals surface area contributed by atoms with Gasteiger partial charge in [-0.25, -0.2) is 4.39 Å². The van der Waals surface area contributed by atoms with Crippen molar-refractivity contribution < 1.29 is 14.3 Å². The zero-order valence-corrected chi connectivity index (χ0v) is 9.74. The van der Waals surface area contributed by atoms with Crippen molar-refractivity contribution in [1.82, 2.24) is 0 Å². The minimum Gasteiger partial charge on any atom is -0.505 e. The standard InChI is InChI=1S/C12H17FN2O2/c1-2-3-8(7-14)12(17)15-9-4-5-11(16)10(13)6-9/h4-6,8,16H,2-3,7,14H2,1H3,(H,15,17). The van der Waals surface area contributed by atoms with Gasteiger partial charge in [0.05, 0.1) is 5.92 Å². The number of phenols is 1. The Labute approximate surface area is 99.6 Å². The first-order valence-corrected chi connectivity index (χ1v) is 5.58. The minimum absolute atomic E-state index is 0.223. The maximum Gasteiger partial charge on any atom is 0.228 e. The molecular weight excluding hydrogens is 223 g/mol. The lowest BCUT2D eigenvalue weighted by molar-refractivity contribution is -0.119. The van der Waals surface area contributed by atoms with Crippen LogP contribution in [0.1, 0.15) is 19.8 Å². The number of phenolic OH excluding ortho intramolecular Hbond substituents is 1. The molecule has 4 nitrogen and oxygen atoms in total. The summed E-state index contributed by atoms with van der Waals surface area (Å²) in [4.78, 5) is 11.8. The number of nitrogens with two attached hydrogens (primary N) is 1. The van der Waals surface area contributed by atoms with Crippen LogP contribution in [-0.4, -0.2) is 17.6 Å². The Bertz CT molecular complexity index is 396. The molecule has 0 aromatic heterocycles. The van der Waals surface area contributed by atoms with Crippen LogP contribution in [-0.2, 0) is 4.79 Å². The molecule has 0 heterocycles. The molecule has 0 spiro atoms. The largest absolute Gasteiger partial charge is 0.505 e. The molecule has 4 N–H and O–H groups in total. The first-order chi connectivity index (χ1) is 8.08. The molecule has 94 valence electrons. The summed E-state index contributed by atoms with van der Waals surface area (Å²) in [6.07, 6.45) is 1.56. The first kappa shape index (κ1) is 13.4. The molecule has 0 aliphatic rings. The Hall–Kier alpha value is -1.62. The third kappa shape index (κ3) is 3.71. The summed E-state index contributed by atoms with van der Waals surface area (Å²) in [5, 5.41) is 11.6. The molecular formula is C12H17FN2O2. The molecule has 0 aliphatic heterocycles. The molecule has 0 saturated carbocycles. The van der Waals surface area contributed by atoms with E-state index in [1.165, 1.54) is 12.1 Å². The number of hydrogen-bond acceptors (Lipinski definition) is 3. The van der Waals surface area contributed by atoms with Gasteiger partial charge < -0.3 is 16.2 Å². The Morgan fingerprint density at radius 1 is 1.59 bits per heavy atom. The molecule has 0 saturated heterocycles. The number of carbonyl (C=O) groups is 1. The van der Waals surface area contributed by atoms with Crippen LogP contribution in [0.15, 0.2) is 18.2 Å². The number of anilines is 1. The number of nitrogens with one attached hydrogen (secondary N) is 1. The van der Waals surface area contributed by atoms with Crippen LogP contribution >= 0.6 is 0 Å². The van der Waals surface area contributed by atoms with Gasteiger partial charge >= 0.3 is 0 Å². The lowest BCUT2D eigenvalue weighted by Gasteiger charge is -2.13. The molecule has 1 aromatic rings. The van der Waals surface area contributed by atoms with E-state index in [-0.39, 0.29) is 18.4 Å². The molecule has 1 atom stereocenters. The fourth-order valence-electron chi connectivity index (χ4n) is 1.53. The summed E-state index contributed by atoms with van der Waals surface area (Å²) < 4.78 is 13.0. The van der Waals surface area contributed by atoms with Crippen LogP contribution in [0.2, 0.25) is 0 Å². The summed E-state index contributed by atoms with van der Waals surface area (Å²) in [7, 11) is 0. The average molecular weight is 240 g/mol. The van der Waals surface area contributed by atoms with Crippen molar-refractivity contribution in [2.75, 3.05) is 11.9 Å². The van der Waals surface area contributed by atoms with E-state index >= 15 is 0 Å². The Balaban J connectivity index is 2.69. The van der Waals surface area contributed by atoms with E-state index in [4.69, 9.17) is 10.8 Å². The SMILES string of the molecule is CCCC(CN)C(=O)Nc1ccc(O)c(F)c1. The summed E-state index contributed by atoms with van der Waals surface area (Å²) >= 11 is 0. The van der Waals surface area contributed by atoms with Gasteiger partial charge in [0.15, 0.2) is 11.6 Å². The van der Waals surface area contributed by atoms with Gasteiger partial charge in [-0.05, 0) is 18.6 Å². The van der Waals surface area contributed by atoms with Crippen LogP contribution in [0.5, 0.6) is 5.75 Å². The van der Waals surface area contributed by atoms with Gasteiger partial charge in [-0.1, -0.05) is 13.3 Å². The quantitative estimate of drug-likeness (QED) is 0.687. The number of carbonyl (C=O) groups excluding carboxylic acids is 1. The number of rotatable bonds is 5. The third-order valence-electron chi connectivity index (χ3n) is 2.51. The van der Waals surface area contributed by atoms with E-state index in [0.717, 1.165) is 12.5 Å². The predicted octanol–water partition coefficient (Wildman–Crippen LogP) is 1.84. The van der Waals surface area contributed by atoms with Gasteiger partial charge in [-0.3, -0.25) is 4.79 Å². The lowest BCUT2D eigenvalue weighted by Crippen LogP contribution is -2.29. The van der Waals surface area contributed by atoms with Crippen LogP contribution in [0.4, 0.5) is 10.1 Å². The summed E-state index contributed by atoms with van der Waals surface area (Å²) in [6.45, 7) is 2.23. The highest BCUT2D eigenvalue weighted by Gasteiger charge is 2.16. The van der Waals surface area contributed by atoms with Gasteiger partial charge in [0.1, 0.15) is 0 Å². The Morgan fingerprint density at radius 3 is 2.82 bits per heavy atom. The van der Waals surface area contributed by atoms with E-state index in [2.05, 4.69) is 5.32 Å². The molecule has 17 heavy (non-hydrogen) atoms. The number of halogens is 1. The van der Waals surface area contributed by atoms with E-state index in [1.54, 1.807) is 0 Å². The highest BCUT2D eigenvalue weighted by molar-refractivity contribution is 5.92. The van der Waals surface area contributed by atoms with Crippen molar-refractivity contribution in [1.29, 1.82) is 0 Å². The zero-order valence-electron chi connectivity index (χ0n) is 9.74. The normalized spacial score (nSPS) is 12.2. The maximum absolute atomic E-state index is 13.0. The molecule has 0 bridgehead atoms. The highest BCUT2D eigenvalue weighted by Crippen LogP contribution is 2.20. The molecule has 1 rings (SSSR count). The molecule has 1 unspecified atom stereocenters. The molecule has 1 aromatic carbocycles. The van der Waals surface area contributed by atoms with Crippen LogP contribution in [0, 0.1) is 11.7 Å². The molecule has 0 aliphatic carbocycles. The second-order valence-electron chi connectivity index (χ2n) is 3.88. The van der Waals surface area contributed by atoms with Gasteiger partial charge in [-0.15, -0.1) is 0 Å². The van der Waals surface area contributed by atoms with Crippen LogP contribution < -0.4 is 11.1 Å². The van der Waals surface area contributed by atoms with E-state index in [1.807, 2.05) is 6.92 Å². The summed E-state index contributed by atoms with van der Waals surface area (Å²) in [5.41, 5.74) is 5.81. The van der Waals surface area contributed by atoms with E-state index in [9.17, 15) is 9.18 Å². The van der Waals surface area contributed by atoms with Gasteiger partial charge in [0.2, 0.25) is 5.91 Å². The molecule has 0 fully saturated rings. The molecule has 5 heteroatoms. The second kappa shape index (κ2) is 6.20. The molecule has 1 amide bonds. The van der Waals surface area contributed by atoms with Crippen molar-refractivity contribution in [3.05, 3.63) is 24.0 Å². The Morgan fingerprint density at radius 2 is 2.29 bits per heavy atom. The number of hydrogen-bond donors (Lipinski definition) is 3. The zero-order chi connectivity index (χ0) is 12.8. The number of amides is 1. The highest BCUT2D eigenvalue weighted by atomic mass is 19.1. The van der Waals surface area contributed by atoms with Crippen molar-refractivity contribution in [3.63, 3.8) is 0 Å². The molecule has 0 radical (unpaired) electrons. The minimum atomic E-state index is -0.761. The smallest absolute Gasteiger partial charge is 0.228 e. The topological polar surface area (TPSA) is 75.4 Å². The Kier molecular flexibility index (Phi) is 4.90. The predicted molar refractivity (Wildman–Crippen MR) is 64.1 cm³/mol. The monoisotopic (exact) mass is 240 g/mol. The van der Waals surface area contributed by atoms with Gasteiger partial charge in [0.25, 0.3) is 0 Å². The summed E-state index contributed by atoms with van der Waals surface area (Å²) in [6, 6.07) is 3.71.